The Bertz CT molecular complexity index is 1120. The number of fused-ring (bicyclic) bond motifs is 1. The Kier molecular flexibility index (Phi) is 3.79. The molecule has 1 aliphatic carbocycles. The SMILES string of the molecule is Cc1[nH]nc2c1C(c1cc(C)n(-c3ccccc3)c1C)C1=C(CCCC1=O)N2. The van der Waals surface area contributed by atoms with Gasteiger partial charge in [-0.15, -0.1) is 0 Å². The second-order valence-electron chi connectivity index (χ2n) is 7.84. The number of aromatic amines is 1. The highest BCUT2D eigenvalue weighted by Crippen LogP contribution is 2.47. The van der Waals surface area contributed by atoms with E-state index in [0.29, 0.717) is 6.42 Å². The molecule has 1 unspecified atom stereocenters. The zero-order valence-corrected chi connectivity index (χ0v) is 16.5. The molecule has 3 heterocycles. The predicted octanol–water partition coefficient (Wildman–Crippen LogP) is 4.69. The number of ketones is 1. The Morgan fingerprint density at radius 2 is 1.89 bits per heavy atom. The third-order valence-corrected chi connectivity index (χ3v) is 6.09. The molecular weight excluding hydrogens is 348 g/mol. The predicted molar refractivity (Wildman–Crippen MR) is 110 cm³/mol. The maximum absolute atomic E-state index is 13.0. The Morgan fingerprint density at radius 3 is 2.68 bits per heavy atom. The van der Waals surface area contributed by atoms with Gasteiger partial charge in [0.15, 0.2) is 11.6 Å². The number of nitrogens with zero attached hydrogens (tertiary/aromatic N) is 2. The number of carbonyl (C=O) groups is 1. The first-order chi connectivity index (χ1) is 13.6. The Labute approximate surface area is 164 Å². The van der Waals surface area contributed by atoms with Crippen LogP contribution in [0.3, 0.4) is 0 Å². The Hall–Kier alpha value is -3.08. The third-order valence-electron chi connectivity index (χ3n) is 6.09. The first kappa shape index (κ1) is 17.0. The molecule has 0 radical (unpaired) electrons. The van der Waals surface area contributed by atoms with Gasteiger partial charge in [0, 0.05) is 51.9 Å². The second kappa shape index (κ2) is 6.23. The molecule has 2 aromatic heterocycles. The van der Waals surface area contributed by atoms with E-state index in [9.17, 15) is 4.79 Å². The van der Waals surface area contributed by atoms with Crippen molar-refractivity contribution in [3.8, 4) is 5.69 Å². The number of hydrogen-bond acceptors (Lipinski definition) is 3. The fourth-order valence-corrected chi connectivity index (χ4v) is 4.87. The smallest absolute Gasteiger partial charge is 0.161 e. The van der Waals surface area contributed by atoms with Gasteiger partial charge in [-0.1, -0.05) is 18.2 Å². The van der Waals surface area contributed by atoms with Crippen molar-refractivity contribution in [3.63, 3.8) is 0 Å². The second-order valence-corrected chi connectivity index (χ2v) is 7.84. The molecule has 5 nitrogen and oxygen atoms in total. The lowest BCUT2D eigenvalue weighted by molar-refractivity contribution is -0.116. The van der Waals surface area contributed by atoms with E-state index >= 15 is 0 Å². The van der Waals surface area contributed by atoms with Crippen molar-refractivity contribution in [2.45, 2.75) is 46.0 Å². The minimum Gasteiger partial charge on any atom is -0.342 e. The molecule has 142 valence electrons. The fourth-order valence-electron chi connectivity index (χ4n) is 4.87. The van der Waals surface area contributed by atoms with E-state index in [1.807, 2.05) is 13.0 Å². The molecule has 2 aliphatic rings. The van der Waals surface area contributed by atoms with Crippen molar-refractivity contribution in [2.75, 3.05) is 5.32 Å². The summed E-state index contributed by atoms with van der Waals surface area (Å²) in [6.45, 7) is 6.32. The first-order valence-electron chi connectivity index (χ1n) is 9.88. The highest BCUT2D eigenvalue weighted by atomic mass is 16.1. The van der Waals surface area contributed by atoms with Crippen LogP contribution in [0.5, 0.6) is 0 Å². The molecule has 0 fully saturated rings. The van der Waals surface area contributed by atoms with E-state index in [1.165, 1.54) is 17.0 Å². The van der Waals surface area contributed by atoms with Gasteiger partial charge in [-0.2, -0.15) is 5.10 Å². The monoisotopic (exact) mass is 372 g/mol. The summed E-state index contributed by atoms with van der Waals surface area (Å²) in [5.74, 6) is 1.05. The van der Waals surface area contributed by atoms with E-state index in [-0.39, 0.29) is 11.7 Å². The molecule has 0 saturated heterocycles. The third kappa shape index (κ3) is 2.39. The van der Waals surface area contributed by atoms with Crippen LogP contribution in [0.2, 0.25) is 0 Å². The standard InChI is InChI=1S/C23H24N4O/c1-13-12-17(15(3)27(13)16-8-5-4-6-9-16)21-20-14(2)25-26-23(20)24-18-10-7-11-19(28)22(18)21/h4-6,8-9,12,21H,7,10-11H2,1-3H3,(H2,24,25,26). The van der Waals surface area contributed by atoms with Crippen LogP contribution in [0, 0.1) is 20.8 Å². The lowest BCUT2D eigenvalue weighted by atomic mass is 9.76. The van der Waals surface area contributed by atoms with E-state index in [1.54, 1.807) is 0 Å². The van der Waals surface area contributed by atoms with Crippen LogP contribution in [0.15, 0.2) is 47.7 Å². The van der Waals surface area contributed by atoms with E-state index < -0.39 is 0 Å². The summed E-state index contributed by atoms with van der Waals surface area (Å²) in [7, 11) is 0. The van der Waals surface area contributed by atoms with Gasteiger partial charge in [-0.25, -0.2) is 0 Å². The number of Topliss-reactive ketones (excluding diaryl/α,β-unsaturated/α-hetero) is 1. The molecule has 0 saturated carbocycles. The molecule has 1 atom stereocenters. The quantitative estimate of drug-likeness (QED) is 0.686. The summed E-state index contributed by atoms with van der Waals surface area (Å²) in [5.41, 5.74) is 8.77. The Morgan fingerprint density at radius 1 is 1.11 bits per heavy atom. The van der Waals surface area contributed by atoms with Crippen molar-refractivity contribution in [2.24, 2.45) is 0 Å². The molecular formula is C23H24N4O. The maximum Gasteiger partial charge on any atom is 0.161 e. The van der Waals surface area contributed by atoms with Crippen LogP contribution < -0.4 is 5.32 Å². The highest BCUT2D eigenvalue weighted by Gasteiger charge is 2.39. The van der Waals surface area contributed by atoms with Gasteiger partial charge < -0.3 is 9.88 Å². The van der Waals surface area contributed by atoms with Crippen molar-refractivity contribution in [1.29, 1.82) is 0 Å². The number of para-hydroxylation sites is 1. The number of aromatic nitrogens is 3. The zero-order chi connectivity index (χ0) is 19.4. The molecule has 2 N–H and O–H groups in total. The number of rotatable bonds is 2. The molecule has 5 heteroatoms. The van der Waals surface area contributed by atoms with Crippen LogP contribution in [-0.4, -0.2) is 20.5 Å². The normalized spacial score (nSPS) is 18.7. The van der Waals surface area contributed by atoms with E-state index in [2.05, 4.69) is 64.3 Å². The highest BCUT2D eigenvalue weighted by molar-refractivity contribution is 6.01. The number of anilines is 1. The van der Waals surface area contributed by atoms with Crippen LogP contribution in [-0.2, 0) is 4.79 Å². The lowest BCUT2D eigenvalue weighted by Gasteiger charge is -2.32. The van der Waals surface area contributed by atoms with Crippen molar-refractivity contribution in [3.05, 3.63) is 75.9 Å². The van der Waals surface area contributed by atoms with Gasteiger partial charge in [-0.3, -0.25) is 9.89 Å². The molecule has 3 aromatic rings. The largest absolute Gasteiger partial charge is 0.342 e. The number of benzene rings is 1. The van der Waals surface area contributed by atoms with Gasteiger partial charge >= 0.3 is 0 Å². The molecule has 0 spiro atoms. The zero-order valence-electron chi connectivity index (χ0n) is 16.5. The summed E-state index contributed by atoms with van der Waals surface area (Å²) < 4.78 is 2.28. The average Bonchev–Trinajstić information content (AvgIpc) is 3.20. The number of allylic oxidation sites excluding steroid dienone is 2. The van der Waals surface area contributed by atoms with Gasteiger partial charge in [0.25, 0.3) is 0 Å². The molecule has 5 rings (SSSR count). The Balaban J connectivity index is 1.75. The topological polar surface area (TPSA) is 62.7 Å². The van der Waals surface area contributed by atoms with Crippen molar-refractivity contribution < 1.29 is 4.79 Å². The lowest BCUT2D eigenvalue weighted by Crippen LogP contribution is -2.27. The van der Waals surface area contributed by atoms with Crippen LogP contribution in [0.1, 0.15) is 53.4 Å². The van der Waals surface area contributed by atoms with Crippen LogP contribution >= 0.6 is 0 Å². The summed E-state index contributed by atoms with van der Waals surface area (Å²) in [5, 5.41) is 11.0. The summed E-state index contributed by atoms with van der Waals surface area (Å²) in [6, 6.07) is 12.6. The first-order valence-corrected chi connectivity index (χ1v) is 9.88. The number of aryl methyl sites for hydroxylation is 2. The molecule has 0 amide bonds. The summed E-state index contributed by atoms with van der Waals surface area (Å²) >= 11 is 0. The van der Waals surface area contributed by atoms with Gasteiger partial charge in [0.05, 0.1) is 0 Å². The minimum absolute atomic E-state index is 0.0681. The fraction of sp³-hybridized carbons (Fsp3) is 0.304. The van der Waals surface area contributed by atoms with Crippen LogP contribution in [0.25, 0.3) is 5.69 Å². The van der Waals surface area contributed by atoms with E-state index in [0.717, 1.165) is 46.9 Å². The number of nitrogens with one attached hydrogen (secondary N) is 2. The van der Waals surface area contributed by atoms with E-state index in [4.69, 9.17) is 0 Å². The van der Waals surface area contributed by atoms with Crippen LogP contribution in [0.4, 0.5) is 5.82 Å². The average molecular weight is 372 g/mol. The van der Waals surface area contributed by atoms with Crippen molar-refractivity contribution >= 4 is 11.6 Å². The number of hydrogen-bond donors (Lipinski definition) is 2. The van der Waals surface area contributed by atoms with Gasteiger partial charge in [0.1, 0.15) is 0 Å². The minimum atomic E-state index is -0.0681. The molecule has 0 bridgehead atoms. The van der Waals surface area contributed by atoms with Gasteiger partial charge in [-0.05, 0) is 57.4 Å². The van der Waals surface area contributed by atoms with Gasteiger partial charge in [0.2, 0.25) is 0 Å². The molecule has 28 heavy (non-hydrogen) atoms. The number of H-pyrrole nitrogens is 1. The number of carbonyl (C=O) groups excluding carboxylic acids is 1. The van der Waals surface area contributed by atoms with Crippen molar-refractivity contribution in [1.82, 2.24) is 14.8 Å². The maximum atomic E-state index is 13.0. The molecule has 1 aromatic carbocycles. The molecule has 1 aliphatic heterocycles. The summed E-state index contributed by atoms with van der Waals surface area (Å²) in [6.07, 6.45) is 2.43. The summed E-state index contributed by atoms with van der Waals surface area (Å²) in [4.78, 5) is 13.0.